The summed E-state index contributed by atoms with van der Waals surface area (Å²) in [5.74, 6) is 1.03. The topological polar surface area (TPSA) is 61.8 Å². The monoisotopic (exact) mass is 462 g/mol. The van der Waals surface area contributed by atoms with E-state index < -0.39 is 0 Å². The summed E-state index contributed by atoms with van der Waals surface area (Å²) in [6.07, 6.45) is 18.3. The lowest BCUT2D eigenvalue weighted by atomic mass is 10.1. The second-order valence-electron chi connectivity index (χ2n) is 8.82. The Morgan fingerprint density at radius 2 is 1.06 bits per heavy atom. The molecule has 33 heavy (non-hydrogen) atoms. The Balaban J connectivity index is 1.85. The van der Waals surface area contributed by atoms with Gasteiger partial charge in [0.05, 0.1) is 13.7 Å². The van der Waals surface area contributed by atoms with Crippen molar-refractivity contribution in [2.24, 2.45) is 0 Å². The lowest BCUT2D eigenvalue weighted by Gasteiger charge is -2.06. The van der Waals surface area contributed by atoms with Crippen LogP contribution in [0.15, 0.2) is 24.3 Å². The van der Waals surface area contributed by atoms with Crippen molar-refractivity contribution in [3.05, 3.63) is 24.3 Å². The molecule has 0 spiro atoms. The van der Waals surface area contributed by atoms with Crippen LogP contribution in [0.5, 0.6) is 11.5 Å². The van der Waals surface area contributed by atoms with Crippen molar-refractivity contribution >= 4 is 11.9 Å². The first-order valence-corrected chi connectivity index (χ1v) is 13.2. The van der Waals surface area contributed by atoms with Crippen molar-refractivity contribution in [3.63, 3.8) is 0 Å². The van der Waals surface area contributed by atoms with Crippen LogP contribution < -0.4 is 9.47 Å². The van der Waals surface area contributed by atoms with Gasteiger partial charge < -0.3 is 14.2 Å². The summed E-state index contributed by atoms with van der Waals surface area (Å²) in [6, 6.07) is 7.02. The molecule has 1 rings (SSSR count). The predicted octanol–water partition coefficient (Wildman–Crippen LogP) is 7.80. The standard InChI is InChI=1S/C28H46O5/c1-3-4-5-6-7-8-11-14-17-24-32-27(29)18-15-12-9-10-13-16-19-28(30)33-26-22-20-25(31-2)21-23-26/h20-23H,3-19,24H2,1-2H3. The molecular weight excluding hydrogens is 416 g/mol. The van der Waals surface area contributed by atoms with Gasteiger partial charge in [-0.1, -0.05) is 84.0 Å². The van der Waals surface area contributed by atoms with Gasteiger partial charge in [0.15, 0.2) is 0 Å². The summed E-state index contributed by atoms with van der Waals surface area (Å²) in [5.41, 5.74) is 0. The van der Waals surface area contributed by atoms with Crippen LogP contribution >= 0.6 is 0 Å². The number of benzene rings is 1. The van der Waals surface area contributed by atoms with Crippen LogP contribution in [0.2, 0.25) is 0 Å². The number of carbonyl (C=O) groups excluding carboxylic acids is 2. The molecule has 0 atom stereocenters. The molecule has 0 saturated carbocycles. The van der Waals surface area contributed by atoms with Gasteiger partial charge in [0.25, 0.3) is 0 Å². The normalized spacial score (nSPS) is 10.7. The van der Waals surface area contributed by atoms with E-state index in [1.165, 1.54) is 44.9 Å². The van der Waals surface area contributed by atoms with Crippen LogP contribution in [0.3, 0.4) is 0 Å². The molecule has 5 nitrogen and oxygen atoms in total. The van der Waals surface area contributed by atoms with Crippen LogP contribution in [-0.2, 0) is 14.3 Å². The van der Waals surface area contributed by atoms with Gasteiger partial charge in [-0.25, -0.2) is 0 Å². The lowest BCUT2D eigenvalue weighted by Crippen LogP contribution is -2.07. The number of rotatable bonds is 21. The second-order valence-corrected chi connectivity index (χ2v) is 8.82. The summed E-state index contributed by atoms with van der Waals surface area (Å²) in [7, 11) is 1.60. The highest BCUT2D eigenvalue weighted by Gasteiger charge is 2.06. The van der Waals surface area contributed by atoms with E-state index in [1.54, 1.807) is 31.4 Å². The van der Waals surface area contributed by atoms with E-state index in [2.05, 4.69) is 6.92 Å². The maximum Gasteiger partial charge on any atom is 0.311 e. The maximum atomic E-state index is 11.9. The fraction of sp³-hybridized carbons (Fsp3) is 0.714. The minimum atomic E-state index is -0.199. The number of unbranched alkanes of at least 4 members (excludes halogenated alkanes) is 13. The second kappa shape index (κ2) is 20.6. The third-order valence-corrected chi connectivity index (χ3v) is 5.81. The number of methoxy groups -OCH3 is 1. The molecule has 0 amide bonds. The SMILES string of the molecule is CCCCCCCCCCCOC(=O)CCCCCCCCC(=O)Oc1ccc(OC)cc1. The number of hydrogen-bond acceptors (Lipinski definition) is 5. The number of ether oxygens (including phenoxy) is 3. The van der Waals surface area contributed by atoms with Crippen LogP contribution in [0.4, 0.5) is 0 Å². The van der Waals surface area contributed by atoms with E-state index in [9.17, 15) is 9.59 Å². The van der Waals surface area contributed by atoms with Crippen molar-refractivity contribution < 1.29 is 23.8 Å². The Morgan fingerprint density at radius 3 is 1.61 bits per heavy atom. The number of esters is 2. The summed E-state index contributed by atoms with van der Waals surface area (Å²) < 4.78 is 15.7. The highest BCUT2D eigenvalue weighted by atomic mass is 16.5. The predicted molar refractivity (Wildman–Crippen MR) is 134 cm³/mol. The van der Waals surface area contributed by atoms with Gasteiger partial charge in [-0.05, 0) is 43.5 Å². The van der Waals surface area contributed by atoms with Crippen LogP contribution in [0, 0.1) is 0 Å². The summed E-state index contributed by atoms with van der Waals surface area (Å²) in [6.45, 7) is 2.82. The molecule has 0 aliphatic rings. The quantitative estimate of drug-likeness (QED) is 0.106. The lowest BCUT2D eigenvalue weighted by molar-refractivity contribution is -0.144. The molecule has 0 aromatic heterocycles. The third kappa shape index (κ3) is 17.1. The highest BCUT2D eigenvalue weighted by molar-refractivity contribution is 5.72. The molecule has 0 aliphatic carbocycles. The molecule has 1 aromatic carbocycles. The Bertz CT molecular complexity index is 611. The summed E-state index contributed by atoms with van der Waals surface area (Å²) in [5, 5.41) is 0. The molecule has 188 valence electrons. The molecule has 0 aliphatic heterocycles. The Labute approximate surface area is 201 Å². The molecule has 0 unspecified atom stereocenters. The molecule has 1 aromatic rings. The van der Waals surface area contributed by atoms with E-state index in [4.69, 9.17) is 14.2 Å². The zero-order valence-electron chi connectivity index (χ0n) is 21.1. The smallest absolute Gasteiger partial charge is 0.311 e. The maximum absolute atomic E-state index is 11.9. The van der Waals surface area contributed by atoms with Gasteiger partial charge in [-0.3, -0.25) is 9.59 Å². The molecule has 0 fully saturated rings. The van der Waals surface area contributed by atoms with Crippen LogP contribution in [0.25, 0.3) is 0 Å². The van der Waals surface area contributed by atoms with Crippen LogP contribution in [-0.4, -0.2) is 25.7 Å². The van der Waals surface area contributed by atoms with E-state index in [0.29, 0.717) is 25.2 Å². The van der Waals surface area contributed by atoms with Crippen molar-refractivity contribution in [2.75, 3.05) is 13.7 Å². The number of hydrogen-bond donors (Lipinski definition) is 0. The summed E-state index contributed by atoms with van der Waals surface area (Å²) in [4.78, 5) is 23.7. The van der Waals surface area contributed by atoms with Gasteiger partial charge in [-0.2, -0.15) is 0 Å². The molecule has 0 radical (unpaired) electrons. The van der Waals surface area contributed by atoms with Crippen molar-refractivity contribution in [2.45, 2.75) is 116 Å². The van der Waals surface area contributed by atoms with E-state index in [0.717, 1.165) is 57.1 Å². The average molecular weight is 463 g/mol. The number of carbonyl (C=O) groups is 2. The Hall–Kier alpha value is -2.04. The van der Waals surface area contributed by atoms with Crippen molar-refractivity contribution in [1.82, 2.24) is 0 Å². The Morgan fingerprint density at radius 1 is 0.606 bits per heavy atom. The highest BCUT2D eigenvalue weighted by Crippen LogP contribution is 2.18. The molecule has 0 heterocycles. The van der Waals surface area contributed by atoms with E-state index in [1.807, 2.05) is 0 Å². The third-order valence-electron chi connectivity index (χ3n) is 5.81. The molecule has 0 bridgehead atoms. The van der Waals surface area contributed by atoms with Crippen molar-refractivity contribution in [1.29, 1.82) is 0 Å². The van der Waals surface area contributed by atoms with Gasteiger partial charge in [0.2, 0.25) is 0 Å². The van der Waals surface area contributed by atoms with E-state index >= 15 is 0 Å². The zero-order chi connectivity index (χ0) is 24.0. The largest absolute Gasteiger partial charge is 0.497 e. The van der Waals surface area contributed by atoms with Gasteiger partial charge in [0.1, 0.15) is 11.5 Å². The fourth-order valence-electron chi connectivity index (χ4n) is 3.74. The first kappa shape index (κ1) is 29.0. The molecule has 0 saturated heterocycles. The van der Waals surface area contributed by atoms with Crippen molar-refractivity contribution in [3.8, 4) is 11.5 Å². The molecular formula is C28H46O5. The first-order valence-electron chi connectivity index (χ1n) is 13.2. The minimum absolute atomic E-state index is 0.0594. The fourth-order valence-corrected chi connectivity index (χ4v) is 3.74. The molecule has 5 heteroatoms. The van der Waals surface area contributed by atoms with Gasteiger partial charge >= 0.3 is 11.9 Å². The molecule has 0 N–H and O–H groups in total. The Kier molecular flexibility index (Phi) is 18.1. The van der Waals surface area contributed by atoms with Crippen LogP contribution in [0.1, 0.15) is 116 Å². The zero-order valence-corrected chi connectivity index (χ0v) is 21.1. The van der Waals surface area contributed by atoms with Gasteiger partial charge in [0, 0.05) is 12.8 Å². The first-order chi connectivity index (χ1) is 16.2. The van der Waals surface area contributed by atoms with Gasteiger partial charge in [-0.15, -0.1) is 0 Å². The van der Waals surface area contributed by atoms with E-state index in [-0.39, 0.29) is 11.9 Å². The average Bonchev–Trinajstić information content (AvgIpc) is 2.82. The summed E-state index contributed by atoms with van der Waals surface area (Å²) >= 11 is 0. The minimum Gasteiger partial charge on any atom is -0.497 e.